The molecule has 0 saturated heterocycles. The molecule has 5 heteroatoms. The molecule has 0 atom stereocenters. The molecule has 0 N–H and O–H groups in total. The fourth-order valence-electron chi connectivity index (χ4n) is 1.09. The molecule has 3 nitrogen and oxygen atoms in total. The number of halogens is 2. The third-order valence-corrected chi connectivity index (χ3v) is 2.23. The van der Waals surface area contributed by atoms with Crippen molar-refractivity contribution < 1.29 is 4.92 Å². The van der Waals surface area contributed by atoms with Gasteiger partial charge >= 0.3 is 0 Å². The topological polar surface area (TPSA) is 43.1 Å². The summed E-state index contributed by atoms with van der Waals surface area (Å²) in [6.07, 6.45) is 0. The van der Waals surface area contributed by atoms with Crippen molar-refractivity contribution in [2.45, 2.75) is 12.8 Å². The minimum absolute atomic E-state index is 0.0139. The molecule has 13 heavy (non-hydrogen) atoms. The zero-order chi connectivity index (χ0) is 10.0. The van der Waals surface area contributed by atoms with Crippen LogP contribution in [0.25, 0.3) is 0 Å². The van der Waals surface area contributed by atoms with E-state index in [-0.39, 0.29) is 11.6 Å². The third-order valence-electron chi connectivity index (χ3n) is 1.74. The average Bonchev–Trinajstić information content (AvgIpc) is 2.02. The highest BCUT2D eigenvalue weighted by Crippen LogP contribution is 2.27. The van der Waals surface area contributed by atoms with Gasteiger partial charge in [-0.15, -0.1) is 11.6 Å². The van der Waals surface area contributed by atoms with Crippen LogP contribution in [0.15, 0.2) is 12.1 Å². The summed E-state index contributed by atoms with van der Waals surface area (Å²) in [7, 11) is 0. The van der Waals surface area contributed by atoms with Gasteiger partial charge in [0.2, 0.25) is 0 Å². The fourth-order valence-corrected chi connectivity index (χ4v) is 1.71. The van der Waals surface area contributed by atoms with Crippen molar-refractivity contribution in [1.82, 2.24) is 0 Å². The van der Waals surface area contributed by atoms with Crippen LogP contribution >= 0.6 is 23.2 Å². The average molecular weight is 220 g/mol. The monoisotopic (exact) mass is 219 g/mol. The molecule has 0 heterocycles. The minimum atomic E-state index is -0.476. The summed E-state index contributed by atoms with van der Waals surface area (Å²) in [5, 5.41) is 10.9. The Hall–Kier alpha value is -0.800. The van der Waals surface area contributed by atoms with Gasteiger partial charge in [-0.05, 0) is 18.6 Å². The number of hydrogen-bond donors (Lipinski definition) is 0. The highest BCUT2D eigenvalue weighted by atomic mass is 35.5. The summed E-state index contributed by atoms with van der Waals surface area (Å²) in [5.74, 6) is 0.124. The number of benzene rings is 1. The van der Waals surface area contributed by atoms with E-state index in [9.17, 15) is 10.1 Å². The third kappa shape index (κ3) is 2.11. The molecule has 0 aromatic heterocycles. The molecular weight excluding hydrogens is 213 g/mol. The Bertz CT molecular complexity index is 352. The Morgan fingerprint density at radius 2 is 2.15 bits per heavy atom. The first kappa shape index (κ1) is 10.3. The Balaban J connectivity index is 3.38. The molecule has 0 radical (unpaired) electrons. The predicted molar refractivity (Wildman–Crippen MR) is 52.4 cm³/mol. The van der Waals surface area contributed by atoms with Crippen LogP contribution in [0, 0.1) is 17.0 Å². The predicted octanol–water partition coefficient (Wildman–Crippen LogP) is 3.30. The number of nitro benzene ring substituents is 1. The Kier molecular flexibility index (Phi) is 3.12. The normalized spacial score (nSPS) is 10.1. The van der Waals surface area contributed by atoms with Crippen molar-refractivity contribution in [2.75, 3.05) is 0 Å². The van der Waals surface area contributed by atoms with Crippen molar-refractivity contribution in [2.24, 2.45) is 0 Å². The van der Waals surface area contributed by atoms with Crippen LogP contribution in [0.2, 0.25) is 5.02 Å². The molecule has 0 amide bonds. The molecule has 0 spiro atoms. The number of nitro groups is 1. The number of nitrogens with zero attached hydrogens (tertiary/aromatic N) is 1. The van der Waals surface area contributed by atoms with Crippen LogP contribution in [0.4, 0.5) is 5.69 Å². The van der Waals surface area contributed by atoms with Gasteiger partial charge in [0.25, 0.3) is 5.69 Å². The summed E-state index contributed by atoms with van der Waals surface area (Å²) in [5.41, 5.74) is 1.25. The van der Waals surface area contributed by atoms with Gasteiger partial charge in [-0.2, -0.15) is 0 Å². The maximum Gasteiger partial charge on any atom is 0.275 e. The lowest BCUT2D eigenvalue weighted by atomic mass is 10.1. The first-order valence-electron chi connectivity index (χ1n) is 3.55. The van der Waals surface area contributed by atoms with Gasteiger partial charge in [-0.3, -0.25) is 10.1 Å². The Morgan fingerprint density at radius 1 is 1.54 bits per heavy atom. The summed E-state index contributed by atoms with van der Waals surface area (Å²) in [6, 6.07) is 2.97. The van der Waals surface area contributed by atoms with Crippen LogP contribution in [-0.2, 0) is 5.88 Å². The van der Waals surface area contributed by atoms with E-state index in [1.807, 2.05) is 0 Å². The maximum absolute atomic E-state index is 10.6. The zero-order valence-electron chi connectivity index (χ0n) is 6.88. The van der Waals surface area contributed by atoms with E-state index in [4.69, 9.17) is 23.2 Å². The van der Waals surface area contributed by atoms with E-state index in [1.165, 1.54) is 6.07 Å². The molecule has 1 aromatic rings. The molecule has 1 rings (SSSR count). The second-order valence-electron chi connectivity index (χ2n) is 2.61. The molecular formula is C8H7Cl2NO2. The number of alkyl halides is 1. The minimum Gasteiger partial charge on any atom is -0.258 e. The molecule has 70 valence electrons. The van der Waals surface area contributed by atoms with E-state index in [0.717, 1.165) is 5.56 Å². The lowest BCUT2D eigenvalue weighted by molar-refractivity contribution is -0.385. The number of hydrogen-bond acceptors (Lipinski definition) is 2. The van der Waals surface area contributed by atoms with Crippen LogP contribution in [0.5, 0.6) is 0 Å². The molecule has 0 fully saturated rings. The van der Waals surface area contributed by atoms with Crippen LogP contribution < -0.4 is 0 Å². The van der Waals surface area contributed by atoms with E-state index in [1.54, 1.807) is 13.0 Å². The standard InChI is InChI=1S/C8H7Cl2NO2/c1-5-2-6(10)3-8(11(12)13)7(5)4-9/h2-3H,4H2,1H3. The van der Waals surface area contributed by atoms with E-state index in [2.05, 4.69) is 0 Å². The summed E-state index contributed by atoms with van der Waals surface area (Å²) >= 11 is 11.3. The van der Waals surface area contributed by atoms with Crippen LogP contribution in [0.1, 0.15) is 11.1 Å². The van der Waals surface area contributed by atoms with Gasteiger partial charge in [-0.25, -0.2) is 0 Å². The SMILES string of the molecule is Cc1cc(Cl)cc([N+](=O)[O-])c1CCl. The van der Waals surface area contributed by atoms with Crippen molar-refractivity contribution in [1.29, 1.82) is 0 Å². The van der Waals surface area contributed by atoms with Gasteiger partial charge in [0.15, 0.2) is 0 Å². The van der Waals surface area contributed by atoms with Gasteiger partial charge in [0, 0.05) is 16.7 Å². The lowest BCUT2D eigenvalue weighted by Crippen LogP contribution is -1.96. The van der Waals surface area contributed by atoms with E-state index >= 15 is 0 Å². The summed E-state index contributed by atoms with van der Waals surface area (Å²) < 4.78 is 0. The lowest BCUT2D eigenvalue weighted by Gasteiger charge is -2.03. The molecule has 0 aliphatic carbocycles. The second kappa shape index (κ2) is 3.94. The molecule has 0 aliphatic heterocycles. The molecule has 1 aromatic carbocycles. The number of rotatable bonds is 2. The first-order valence-corrected chi connectivity index (χ1v) is 4.47. The Labute approximate surface area is 85.4 Å². The van der Waals surface area contributed by atoms with Gasteiger partial charge in [-0.1, -0.05) is 11.6 Å². The van der Waals surface area contributed by atoms with Gasteiger partial charge in [0.1, 0.15) is 0 Å². The smallest absolute Gasteiger partial charge is 0.258 e. The van der Waals surface area contributed by atoms with Gasteiger partial charge in [0.05, 0.1) is 10.8 Å². The highest BCUT2D eigenvalue weighted by Gasteiger charge is 2.15. The van der Waals surface area contributed by atoms with Crippen molar-refractivity contribution >= 4 is 28.9 Å². The number of aryl methyl sites for hydroxylation is 1. The Morgan fingerprint density at radius 3 is 2.62 bits per heavy atom. The quantitative estimate of drug-likeness (QED) is 0.436. The highest BCUT2D eigenvalue weighted by molar-refractivity contribution is 6.31. The molecule has 0 aliphatic rings. The molecule has 0 bridgehead atoms. The molecule has 0 unspecified atom stereocenters. The van der Waals surface area contributed by atoms with E-state index < -0.39 is 4.92 Å². The largest absolute Gasteiger partial charge is 0.275 e. The van der Waals surface area contributed by atoms with Crippen molar-refractivity contribution in [3.63, 3.8) is 0 Å². The fraction of sp³-hybridized carbons (Fsp3) is 0.250. The maximum atomic E-state index is 10.6. The van der Waals surface area contributed by atoms with Crippen molar-refractivity contribution in [3.8, 4) is 0 Å². The van der Waals surface area contributed by atoms with Crippen LogP contribution in [0.3, 0.4) is 0 Å². The molecule has 0 saturated carbocycles. The zero-order valence-corrected chi connectivity index (χ0v) is 8.39. The first-order chi connectivity index (χ1) is 6.06. The summed E-state index contributed by atoms with van der Waals surface area (Å²) in [6.45, 7) is 1.75. The summed E-state index contributed by atoms with van der Waals surface area (Å²) in [4.78, 5) is 10.1. The van der Waals surface area contributed by atoms with Crippen LogP contribution in [-0.4, -0.2) is 4.92 Å². The van der Waals surface area contributed by atoms with Crippen molar-refractivity contribution in [3.05, 3.63) is 38.4 Å². The second-order valence-corrected chi connectivity index (χ2v) is 3.31. The van der Waals surface area contributed by atoms with Gasteiger partial charge < -0.3 is 0 Å². The van der Waals surface area contributed by atoms with E-state index in [0.29, 0.717) is 10.6 Å².